The molecule has 0 saturated carbocycles. The molecule has 0 atom stereocenters. The Bertz CT molecular complexity index is 812. The van der Waals surface area contributed by atoms with Crippen LogP contribution in [0.4, 0.5) is 4.39 Å². The van der Waals surface area contributed by atoms with Crippen molar-refractivity contribution >= 4 is 0 Å². The zero-order valence-electron chi connectivity index (χ0n) is 19.5. The second-order valence-electron chi connectivity index (χ2n) is 6.29. The van der Waals surface area contributed by atoms with Gasteiger partial charge < -0.3 is 4.57 Å². The lowest BCUT2D eigenvalue weighted by Gasteiger charge is -2.11. The summed E-state index contributed by atoms with van der Waals surface area (Å²) in [5.41, 5.74) is 5.82. The second-order valence-corrected chi connectivity index (χ2v) is 6.29. The number of rotatable bonds is 3. The zero-order chi connectivity index (χ0) is 22.4. The van der Waals surface area contributed by atoms with Crippen molar-refractivity contribution in [3.8, 4) is 22.3 Å². The molecule has 158 valence electrons. The largest absolute Gasteiger partial charge is 0.348 e. The van der Waals surface area contributed by atoms with E-state index in [0.29, 0.717) is 6.04 Å². The highest BCUT2D eigenvalue weighted by atomic mass is 19.1. The average molecular weight is 396 g/mol. The number of nitrogens with zero attached hydrogens (tertiary/aromatic N) is 1. The number of aromatic nitrogens is 1. The van der Waals surface area contributed by atoms with E-state index in [1.54, 1.807) is 6.08 Å². The SMILES string of the molecule is C=CC.CC.CC.Cc1c(-c2ccc(F)cc2)c(-c2ccccc2)cn1C(C)C. The molecule has 0 N–H and O–H groups in total. The Kier molecular flexibility index (Phi) is 13.1. The lowest BCUT2D eigenvalue weighted by atomic mass is 9.97. The standard InChI is InChI=1S/C20H20FN.C3H6.2C2H6/c1-14(2)22-13-19(16-7-5-4-6-8-16)20(15(22)3)17-9-11-18(21)12-10-17;1-3-2;2*1-2/h4-14H,1-3H3;3H,1H2,2H3;2*1-2H3. The number of benzene rings is 2. The Morgan fingerprint density at radius 1 is 0.862 bits per heavy atom. The number of hydrogen-bond acceptors (Lipinski definition) is 0. The summed E-state index contributed by atoms with van der Waals surface area (Å²) < 4.78 is 15.5. The Morgan fingerprint density at radius 2 is 1.34 bits per heavy atom. The Labute approximate surface area is 177 Å². The van der Waals surface area contributed by atoms with Gasteiger partial charge in [-0.25, -0.2) is 4.39 Å². The number of halogens is 1. The number of allylic oxidation sites excluding steroid dienone is 1. The molecule has 0 bridgehead atoms. The molecule has 1 heterocycles. The molecule has 0 fully saturated rings. The van der Waals surface area contributed by atoms with Crippen molar-refractivity contribution in [1.82, 2.24) is 4.57 Å². The maximum Gasteiger partial charge on any atom is 0.123 e. The minimum absolute atomic E-state index is 0.203. The van der Waals surface area contributed by atoms with E-state index in [1.165, 1.54) is 34.5 Å². The molecule has 0 saturated heterocycles. The molecule has 0 unspecified atom stereocenters. The Hall–Kier alpha value is -2.61. The molecule has 0 aliphatic rings. The van der Waals surface area contributed by atoms with Crippen LogP contribution in [0.5, 0.6) is 0 Å². The van der Waals surface area contributed by atoms with Crippen LogP contribution in [0, 0.1) is 12.7 Å². The van der Waals surface area contributed by atoms with Crippen molar-refractivity contribution < 1.29 is 4.39 Å². The first kappa shape index (κ1) is 26.4. The van der Waals surface area contributed by atoms with Crippen molar-refractivity contribution in [3.63, 3.8) is 0 Å². The smallest absolute Gasteiger partial charge is 0.123 e. The molecule has 3 rings (SSSR count). The fraction of sp³-hybridized carbons (Fsp3) is 0.333. The predicted octanol–water partition coefficient (Wildman–Crippen LogP) is 9.10. The molecule has 0 aliphatic heterocycles. The first-order chi connectivity index (χ1) is 14.0. The van der Waals surface area contributed by atoms with Gasteiger partial charge in [0.2, 0.25) is 0 Å². The molecule has 2 aromatic carbocycles. The lowest BCUT2D eigenvalue weighted by Crippen LogP contribution is -2.00. The van der Waals surface area contributed by atoms with Gasteiger partial charge in [0.25, 0.3) is 0 Å². The molecule has 2 heteroatoms. The van der Waals surface area contributed by atoms with E-state index in [9.17, 15) is 4.39 Å². The van der Waals surface area contributed by atoms with Crippen LogP contribution < -0.4 is 0 Å². The van der Waals surface area contributed by atoms with Crippen LogP contribution >= 0.6 is 0 Å². The normalized spacial score (nSPS) is 9.31. The van der Waals surface area contributed by atoms with Gasteiger partial charge in [-0.2, -0.15) is 0 Å². The van der Waals surface area contributed by atoms with Gasteiger partial charge in [0.1, 0.15) is 5.82 Å². The van der Waals surface area contributed by atoms with E-state index in [-0.39, 0.29) is 5.82 Å². The maximum atomic E-state index is 13.3. The van der Waals surface area contributed by atoms with E-state index < -0.39 is 0 Å². The van der Waals surface area contributed by atoms with Crippen molar-refractivity contribution in [2.45, 2.75) is 61.4 Å². The van der Waals surface area contributed by atoms with Crippen LogP contribution in [0.3, 0.4) is 0 Å². The van der Waals surface area contributed by atoms with Gasteiger partial charge in [-0.15, -0.1) is 6.58 Å². The van der Waals surface area contributed by atoms with Crippen LogP contribution in [0.2, 0.25) is 0 Å². The van der Waals surface area contributed by atoms with E-state index in [2.05, 4.69) is 50.2 Å². The van der Waals surface area contributed by atoms with Crippen molar-refractivity contribution in [2.75, 3.05) is 0 Å². The summed E-state index contributed by atoms with van der Waals surface area (Å²) in [6, 6.07) is 17.5. The molecule has 1 nitrogen and oxygen atoms in total. The quantitative estimate of drug-likeness (QED) is 0.390. The summed E-state index contributed by atoms with van der Waals surface area (Å²) in [7, 11) is 0. The molecule has 0 amide bonds. The third kappa shape index (κ3) is 7.38. The van der Waals surface area contributed by atoms with Crippen LogP contribution in [0.1, 0.15) is 60.2 Å². The minimum atomic E-state index is -0.203. The van der Waals surface area contributed by atoms with Crippen LogP contribution in [0.25, 0.3) is 22.3 Å². The molecule has 3 aromatic rings. The summed E-state index contributed by atoms with van der Waals surface area (Å²) in [6.07, 6.45) is 3.95. The van der Waals surface area contributed by atoms with Gasteiger partial charge in [-0.3, -0.25) is 0 Å². The third-order valence-electron chi connectivity index (χ3n) is 4.06. The van der Waals surface area contributed by atoms with Gasteiger partial charge >= 0.3 is 0 Å². The highest BCUT2D eigenvalue weighted by Crippen LogP contribution is 2.37. The van der Waals surface area contributed by atoms with E-state index >= 15 is 0 Å². The third-order valence-corrected chi connectivity index (χ3v) is 4.06. The van der Waals surface area contributed by atoms with Crippen LogP contribution in [-0.2, 0) is 0 Å². The minimum Gasteiger partial charge on any atom is -0.348 e. The van der Waals surface area contributed by atoms with Gasteiger partial charge in [0.05, 0.1) is 0 Å². The Balaban J connectivity index is 0.00000100. The van der Waals surface area contributed by atoms with Crippen LogP contribution in [0.15, 0.2) is 73.4 Å². The first-order valence-electron chi connectivity index (χ1n) is 10.6. The summed E-state index contributed by atoms with van der Waals surface area (Å²) in [5.74, 6) is -0.203. The molecular formula is C27H38FN. The second kappa shape index (κ2) is 14.4. The van der Waals surface area contributed by atoms with E-state index in [4.69, 9.17) is 0 Å². The topological polar surface area (TPSA) is 4.93 Å². The van der Waals surface area contributed by atoms with E-state index in [0.717, 1.165) is 5.56 Å². The Morgan fingerprint density at radius 3 is 1.79 bits per heavy atom. The first-order valence-corrected chi connectivity index (χ1v) is 10.6. The van der Waals surface area contributed by atoms with Crippen molar-refractivity contribution in [1.29, 1.82) is 0 Å². The molecule has 29 heavy (non-hydrogen) atoms. The molecule has 0 radical (unpaired) electrons. The summed E-state index contributed by atoms with van der Waals surface area (Å²) in [5, 5.41) is 0. The fourth-order valence-electron chi connectivity index (χ4n) is 2.98. The molecule has 0 aliphatic carbocycles. The van der Waals surface area contributed by atoms with Crippen molar-refractivity contribution in [2.24, 2.45) is 0 Å². The summed E-state index contributed by atoms with van der Waals surface area (Å²) >= 11 is 0. The van der Waals surface area contributed by atoms with Crippen LogP contribution in [-0.4, -0.2) is 4.57 Å². The van der Waals surface area contributed by atoms with Gasteiger partial charge in [0.15, 0.2) is 0 Å². The maximum absolute atomic E-state index is 13.3. The highest BCUT2D eigenvalue weighted by molar-refractivity contribution is 5.85. The molecular weight excluding hydrogens is 357 g/mol. The fourth-order valence-corrected chi connectivity index (χ4v) is 2.98. The molecule has 0 spiro atoms. The van der Waals surface area contributed by atoms with Gasteiger partial charge in [-0.1, -0.05) is 76.2 Å². The van der Waals surface area contributed by atoms with E-state index in [1.807, 2.05) is 65.0 Å². The number of hydrogen-bond donors (Lipinski definition) is 0. The molecule has 1 aromatic heterocycles. The highest BCUT2D eigenvalue weighted by Gasteiger charge is 2.17. The summed E-state index contributed by atoms with van der Waals surface area (Å²) in [6.45, 7) is 19.7. The van der Waals surface area contributed by atoms with Gasteiger partial charge in [0, 0.05) is 29.1 Å². The summed E-state index contributed by atoms with van der Waals surface area (Å²) in [4.78, 5) is 0. The monoisotopic (exact) mass is 395 g/mol. The van der Waals surface area contributed by atoms with Crippen molar-refractivity contribution in [3.05, 3.63) is 85.0 Å². The van der Waals surface area contributed by atoms with Gasteiger partial charge in [-0.05, 0) is 51.0 Å². The zero-order valence-corrected chi connectivity index (χ0v) is 19.5. The predicted molar refractivity (Wildman–Crippen MR) is 129 cm³/mol. The lowest BCUT2D eigenvalue weighted by molar-refractivity contribution is 0.590. The average Bonchev–Trinajstić information content (AvgIpc) is 3.10.